The van der Waals surface area contributed by atoms with E-state index in [9.17, 15) is 4.79 Å². The highest BCUT2D eigenvalue weighted by molar-refractivity contribution is 6.05. The lowest BCUT2D eigenvalue weighted by atomic mass is 10.1. The lowest BCUT2D eigenvalue weighted by Gasteiger charge is -2.10. The van der Waals surface area contributed by atoms with Gasteiger partial charge in [0.2, 0.25) is 0 Å². The van der Waals surface area contributed by atoms with Gasteiger partial charge in [-0.15, -0.1) is 0 Å². The maximum atomic E-state index is 12.2. The van der Waals surface area contributed by atoms with Gasteiger partial charge in [-0.1, -0.05) is 12.8 Å². The van der Waals surface area contributed by atoms with Crippen LogP contribution in [0, 0.1) is 0 Å². The molecule has 1 amide bonds. The third-order valence-electron chi connectivity index (χ3n) is 3.49. The molecule has 3 rings (SSSR count). The molecule has 5 heteroatoms. The van der Waals surface area contributed by atoms with Gasteiger partial charge in [-0.2, -0.15) is 5.10 Å². The van der Waals surface area contributed by atoms with Gasteiger partial charge in [0.1, 0.15) is 0 Å². The van der Waals surface area contributed by atoms with Crippen LogP contribution >= 0.6 is 0 Å². The summed E-state index contributed by atoms with van der Waals surface area (Å²) in [5.41, 5.74) is 7.65. The van der Waals surface area contributed by atoms with Crippen molar-refractivity contribution in [1.29, 1.82) is 0 Å². The van der Waals surface area contributed by atoms with Crippen LogP contribution in [0.1, 0.15) is 36.2 Å². The number of fused-ring (bicyclic) bond motifs is 1. The Morgan fingerprint density at radius 3 is 2.94 bits per heavy atom. The molecule has 1 heterocycles. The highest BCUT2D eigenvalue weighted by atomic mass is 16.2. The van der Waals surface area contributed by atoms with Gasteiger partial charge in [-0.25, -0.2) is 0 Å². The monoisotopic (exact) mass is 244 g/mol. The van der Waals surface area contributed by atoms with E-state index < -0.39 is 0 Å². The Bertz CT molecular complexity index is 584. The van der Waals surface area contributed by atoms with Gasteiger partial charge in [0.05, 0.1) is 5.52 Å². The molecule has 2 aromatic rings. The number of nitrogens with two attached hydrogens (primary N) is 1. The van der Waals surface area contributed by atoms with Crippen LogP contribution < -0.4 is 11.1 Å². The number of nitrogens with one attached hydrogen (secondary N) is 2. The molecule has 1 aliphatic rings. The molecule has 0 unspecified atom stereocenters. The topological polar surface area (TPSA) is 83.8 Å². The molecular weight excluding hydrogens is 228 g/mol. The summed E-state index contributed by atoms with van der Waals surface area (Å²) in [7, 11) is 0. The number of hydrogen-bond donors (Lipinski definition) is 3. The number of benzene rings is 1. The minimum absolute atomic E-state index is 0.112. The first-order valence-electron chi connectivity index (χ1n) is 6.28. The summed E-state index contributed by atoms with van der Waals surface area (Å²) in [4.78, 5) is 12.2. The first-order valence-corrected chi connectivity index (χ1v) is 6.28. The fourth-order valence-corrected chi connectivity index (χ4v) is 2.53. The van der Waals surface area contributed by atoms with Crippen molar-refractivity contribution < 1.29 is 4.79 Å². The Hall–Kier alpha value is -2.04. The first-order chi connectivity index (χ1) is 8.74. The van der Waals surface area contributed by atoms with E-state index in [1.54, 1.807) is 12.1 Å². The van der Waals surface area contributed by atoms with E-state index in [1.165, 1.54) is 12.8 Å². The number of aromatic amines is 1. The van der Waals surface area contributed by atoms with E-state index in [4.69, 9.17) is 5.73 Å². The lowest BCUT2D eigenvalue weighted by Crippen LogP contribution is -2.32. The van der Waals surface area contributed by atoms with Crippen molar-refractivity contribution in [2.45, 2.75) is 31.7 Å². The predicted molar refractivity (Wildman–Crippen MR) is 70.2 cm³/mol. The van der Waals surface area contributed by atoms with Crippen molar-refractivity contribution in [3.8, 4) is 0 Å². The van der Waals surface area contributed by atoms with Crippen LogP contribution in [0.3, 0.4) is 0 Å². The molecule has 18 heavy (non-hydrogen) atoms. The number of carbonyl (C=O) groups excluding carboxylic acids is 1. The zero-order valence-corrected chi connectivity index (χ0v) is 10.1. The second kappa shape index (κ2) is 4.33. The molecule has 4 N–H and O–H groups in total. The van der Waals surface area contributed by atoms with Gasteiger partial charge in [0.25, 0.3) is 5.91 Å². The summed E-state index contributed by atoms with van der Waals surface area (Å²) in [5, 5.41) is 10.8. The third-order valence-corrected chi connectivity index (χ3v) is 3.49. The Morgan fingerprint density at radius 1 is 1.39 bits per heavy atom. The Labute approximate surface area is 105 Å². The largest absolute Gasteiger partial charge is 0.399 e. The quantitative estimate of drug-likeness (QED) is 0.704. The van der Waals surface area contributed by atoms with Crippen LogP contribution in [0.5, 0.6) is 0 Å². The van der Waals surface area contributed by atoms with E-state index in [-0.39, 0.29) is 5.91 Å². The van der Waals surface area contributed by atoms with Gasteiger partial charge in [0.15, 0.2) is 5.69 Å². The summed E-state index contributed by atoms with van der Waals surface area (Å²) in [6.07, 6.45) is 4.52. The number of H-pyrrole nitrogens is 1. The van der Waals surface area contributed by atoms with E-state index in [1.807, 2.05) is 6.07 Å². The van der Waals surface area contributed by atoms with Crippen LogP contribution in [0.2, 0.25) is 0 Å². The summed E-state index contributed by atoms with van der Waals surface area (Å²) in [6.45, 7) is 0. The van der Waals surface area contributed by atoms with E-state index >= 15 is 0 Å². The Morgan fingerprint density at radius 2 is 2.17 bits per heavy atom. The summed E-state index contributed by atoms with van der Waals surface area (Å²) >= 11 is 0. The van der Waals surface area contributed by atoms with Gasteiger partial charge >= 0.3 is 0 Å². The van der Waals surface area contributed by atoms with E-state index in [0.29, 0.717) is 17.4 Å². The van der Waals surface area contributed by atoms with Crippen molar-refractivity contribution in [3.05, 3.63) is 23.9 Å². The predicted octanol–water partition coefficient (Wildman–Crippen LogP) is 1.82. The molecule has 1 aromatic carbocycles. The highest BCUT2D eigenvalue weighted by Crippen LogP contribution is 2.21. The maximum Gasteiger partial charge on any atom is 0.272 e. The minimum Gasteiger partial charge on any atom is -0.399 e. The van der Waals surface area contributed by atoms with Crippen molar-refractivity contribution in [1.82, 2.24) is 15.5 Å². The van der Waals surface area contributed by atoms with Crippen LogP contribution in [0.4, 0.5) is 5.69 Å². The first kappa shape index (κ1) is 11.1. The number of carbonyl (C=O) groups is 1. The Balaban J connectivity index is 1.88. The number of nitrogens with zero attached hydrogens (tertiary/aromatic N) is 1. The smallest absolute Gasteiger partial charge is 0.272 e. The molecule has 0 bridgehead atoms. The number of rotatable bonds is 2. The fraction of sp³-hybridized carbons (Fsp3) is 0.385. The van der Waals surface area contributed by atoms with Gasteiger partial charge in [0, 0.05) is 17.1 Å². The average molecular weight is 244 g/mol. The molecule has 0 atom stereocenters. The number of nitrogen functional groups attached to an aromatic ring is 1. The Kier molecular flexibility index (Phi) is 2.66. The fourth-order valence-electron chi connectivity index (χ4n) is 2.53. The van der Waals surface area contributed by atoms with E-state index in [0.717, 1.165) is 23.7 Å². The van der Waals surface area contributed by atoms with Crippen LogP contribution in [0.25, 0.3) is 10.9 Å². The molecule has 0 saturated heterocycles. The molecule has 0 spiro atoms. The second-order valence-corrected chi connectivity index (χ2v) is 4.83. The van der Waals surface area contributed by atoms with Gasteiger partial charge in [-0.3, -0.25) is 9.89 Å². The molecule has 1 aromatic heterocycles. The second-order valence-electron chi connectivity index (χ2n) is 4.83. The van der Waals surface area contributed by atoms with Crippen molar-refractivity contribution in [2.24, 2.45) is 0 Å². The molecule has 1 aliphatic carbocycles. The molecule has 94 valence electrons. The SMILES string of the molecule is Nc1ccc2[nH]nc(C(=O)NC3CCCC3)c2c1. The zero-order chi connectivity index (χ0) is 12.5. The van der Waals surface area contributed by atoms with Gasteiger partial charge < -0.3 is 11.1 Å². The normalized spacial score (nSPS) is 16.2. The molecular formula is C13H16N4O. The molecule has 0 aliphatic heterocycles. The molecule has 1 saturated carbocycles. The minimum atomic E-state index is -0.112. The van der Waals surface area contributed by atoms with Crippen LogP contribution in [0.15, 0.2) is 18.2 Å². The molecule has 5 nitrogen and oxygen atoms in total. The van der Waals surface area contributed by atoms with Crippen LogP contribution in [-0.4, -0.2) is 22.1 Å². The highest BCUT2D eigenvalue weighted by Gasteiger charge is 2.20. The number of hydrogen-bond acceptors (Lipinski definition) is 3. The summed E-state index contributed by atoms with van der Waals surface area (Å²) in [5.74, 6) is -0.112. The number of aromatic nitrogens is 2. The summed E-state index contributed by atoms with van der Waals surface area (Å²) in [6, 6.07) is 5.70. The van der Waals surface area contributed by atoms with E-state index in [2.05, 4.69) is 15.5 Å². The van der Waals surface area contributed by atoms with Crippen molar-refractivity contribution >= 4 is 22.5 Å². The van der Waals surface area contributed by atoms with Crippen LogP contribution in [-0.2, 0) is 0 Å². The third kappa shape index (κ3) is 1.92. The molecule has 0 radical (unpaired) electrons. The van der Waals surface area contributed by atoms with Crippen molar-refractivity contribution in [3.63, 3.8) is 0 Å². The number of anilines is 1. The standard InChI is InChI=1S/C13H16N4O/c14-8-5-6-11-10(7-8)12(17-16-11)13(18)15-9-3-1-2-4-9/h5-7,9H,1-4,14H2,(H,15,18)(H,16,17). The summed E-state index contributed by atoms with van der Waals surface area (Å²) < 4.78 is 0. The van der Waals surface area contributed by atoms with Crippen molar-refractivity contribution in [2.75, 3.05) is 5.73 Å². The maximum absolute atomic E-state index is 12.2. The molecule has 1 fully saturated rings. The number of amides is 1. The zero-order valence-electron chi connectivity index (χ0n) is 10.1. The van der Waals surface area contributed by atoms with Gasteiger partial charge in [-0.05, 0) is 31.0 Å². The lowest BCUT2D eigenvalue weighted by molar-refractivity contribution is 0.0934. The average Bonchev–Trinajstić information content (AvgIpc) is 2.97.